The van der Waals surface area contributed by atoms with Crippen LogP contribution in [0.3, 0.4) is 0 Å². The van der Waals surface area contributed by atoms with Gasteiger partial charge < -0.3 is 10.1 Å². The van der Waals surface area contributed by atoms with Crippen molar-refractivity contribution in [1.29, 1.82) is 0 Å². The molecule has 130 valence electrons. The van der Waals surface area contributed by atoms with E-state index in [1.807, 2.05) is 11.4 Å². The van der Waals surface area contributed by atoms with Gasteiger partial charge in [0.2, 0.25) is 0 Å². The molecular formula is C18H17ClN2O3S. The molecule has 3 amide bonds. The number of carbonyl (C=O) groups is 2. The SMILES string of the molecule is O=C1N[C@@]2(CCCc3sccc32)C(=O)N1CCOc1ccc(Cl)cc1. The van der Waals surface area contributed by atoms with Gasteiger partial charge in [0.15, 0.2) is 0 Å². The predicted octanol–water partition coefficient (Wildman–Crippen LogP) is 3.56. The Hall–Kier alpha value is -2.05. The fraction of sp³-hybridized carbons (Fsp3) is 0.333. The Kier molecular flexibility index (Phi) is 4.17. The van der Waals surface area contributed by atoms with Gasteiger partial charge >= 0.3 is 6.03 Å². The summed E-state index contributed by atoms with van der Waals surface area (Å²) in [7, 11) is 0. The molecule has 5 nitrogen and oxygen atoms in total. The van der Waals surface area contributed by atoms with Gasteiger partial charge in [0.25, 0.3) is 5.91 Å². The minimum atomic E-state index is -0.884. The first kappa shape index (κ1) is 16.4. The van der Waals surface area contributed by atoms with Crippen molar-refractivity contribution in [2.45, 2.75) is 24.8 Å². The molecule has 25 heavy (non-hydrogen) atoms. The highest BCUT2D eigenvalue weighted by molar-refractivity contribution is 7.10. The summed E-state index contributed by atoms with van der Waals surface area (Å²) in [5.74, 6) is 0.487. The van der Waals surface area contributed by atoms with Crippen molar-refractivity contribution in [2.24, 2.45) is 0 Å². The maximum atomic E-state index is 13.0. The number of nitrogens with zero attached hydrogens (tertiary/aromatic N) is 1. The minimum Gasteiger partial charge on any atom is -0.492 e. The molecule has 1 N–H and O–H groups in total. The molecule has 4 rings (SSSR count). The Bertz CT molecular complexity index is 820. The molecule has 2 heterocycles. The van der Waals surface area contributed by atoms with E-state index in [-0.39, 0.29) is 25.1 Å². The highest BCUT2D eigenvalue weighted by Gasteiger charge is 2.54. The summed E-state index contributed by atoms with van der Waals surface area (Å²) >= 11 is 7.49. The predicted molar refractivity (Wildman–Crippen MR) is 96.1 cm³/mol. The van der Waals surface area contributed by atoms with E-state index in [0.717, 1.165) is 18.4 Å². The number of hydrogen-bond acceptors (Lipinski definition) is 4. The molecule has 1 fully saturated rings. The maximum Gasteiger partial charge on any atom is 0.325 e. The second kappa shape index (κ2) is 6.35. The number of nitrogens with one attached hydrogen (secondary N) is 1. The molecule has 1 aromatic heterocycles. The van der Waals surface area contributed by atoms with Crippen LogP contribution >= 0.6 is 22.9 Å². The normalized spacial score (nSPS) is 22.2. The van der Waals surface area contributed by atoms with Crippen LogP contribution in [-0.2, 0) is 16.8 Å². The Morgan fingerprint density at radius 2 is 2.04 bits per heavy atom. The minimum absolute atomic E-state index is 0.170. The number of hydrogen-bond donors (Lipinski definition) is 1. The Morgan fingerprint density at radius 3 is 2.84 bits per heavy atom. The molecule has 2 aliphatic rings. The van der Waals surface area contributed by atoms with E-state index in [4.69, 9.17) is 16.3 Å². The molecule has 0 saturated carbocycles. The van der Waals surface area contributed by atoms with Crippen molar-refractivity contribution in [1.82, 2.24) is 10.2 Å². The summed E-state index contributed by atoms with van der Waals surface area (Å²) in [5, 5.41) is 5.56. The third kappa shape index (κ3) is 2.79. The molecule has 1 atom stereocenters. The average molecular weight is 377 g/mol. The van der Waals surface area contributed by atoms with Gasteiger partial charge in [-0.25, -0.2) is 4.79 Å². The first-order valence-corrected chi connectivity index (χ1v) is 9.45. The summed E-state index contributed by atoms with van der Waals surface area (Å²) in [5.41, 5.74) is 0.0773. The van der Waals surface area contributed by atoms with Crippen LogP contribution in [0.5, 0.6) is 5.75 Å². The number of benzene rings is 1. The lowest BCUT2D eigenvalue weighted by atomic mass is 9.80. The van der Waals surface area contributed by atoms with Crippen LogP contribution in [0.25, 0.3) is 0 Å². The zero-order valence-electron chi connectivity index (χ0n) is 13.5. The number of fused-ring (bicyclic) bond motifs is 2. The molecular weight excluding hydrogens is 360 g/mol. The van der Waals surface area contributed by atoms with E-state index in [2.05, 4.69) is 5.32 Å². The van der Waals surface area contributed by atoms with Gasteiger partial charge in [-0.15, -0.1) is 11.3 Å². The van der Waals surface area contributed by atoms with E-state index in [0.29, 0.717) is 17.2 Å². The van der Waals surface area contributed by atoms with E-state index in [1.165, 1.54) is 9.78 Å². The molecule has 2 aromatic rings. The molecule has 0 bridgehead atoms. The molecule has 0 unspecified atom stereocenters. The Labute approximate surface area is 154 Å². The summed E-state index contributed by atoms with van der Waals surface area (Å²) in [6.07, 6.45) is 2.52. The number of halogens is 1. The quantitative estimate of drug-likeness (QED) is 0.830. The topological polar surface area (TPSA) is 58.6 Å². The highest BCUT2D eigenvalue weighted by atomic mass is 35.5. The van der Waals surface area contributed by atoms with Gasteiger partial charge in [-0.1, -0.05) is 11.6 Å². The van der Waals surface area contributed by atoms with E-state index < -0.39 is 5.54 Å². The summed E-state index contributed by atoms with van der Waals surface area (Å²) in [4.78, 5) is 27.9. The number of imide groups is 1. The lowest BCUT2D eigenvalue weighted by Crippen LogP contribution is -2.46. The van der Waals surface area contributed by atoms with E-state index in [1.54, 1.807) is 35.6 Å². The zero-order chi connectivity index (χ0) is 17.4. The second-order valence-electron chi connectivity index (χ2n) is 6.21. The van der Waals surface area contributed by atoms with Crippen LogP contribution in [0.4, 0.5) is 4.79 Å². The monoisotopic (exact) mass is 376 g/mol. The molecule has 0 radical (unpaired) electrons. The average Bonchev–Trinajstić information content (AvgIpc) is 3.17. The molecule has 1 aliphatic heterocycles. The van der Waals surface area contributed by atoms with Crippen LogP contribution in [0, 0.1) is 0 Å². The van der Waals surface area contributed by atoms with Gasteiger partial charge in [-0.3, -0.25) is 9.69 Å². The van der Waals surface area contributed by atoms with Gasteiger partial charge in [-0.05, 0) is 55.0 Å². The fourth-order valence-electron chi connectivity index (χ4n) is 3.53. The number of ether oxygens (including phenoxy) is 1. The Morgan fingerprint density at radius 1 is 1.24 bits per heavy atom. The number of urea groups is 1. The van der Waals surface area contributed by atoms with Crippen molar-refractivity contribution in [3.05, 3.63) is 51.2 Å². The third-order valence-electron chi connectivity index (χ3n) is 4.73. The van der Waals surface area contributed by atoms with Crippen molar-refractivity contribution < 1.29 is 14.3 Å². The molecule has 1 aliphatic carbocycles. The van der Waals surface area contributed by atoms with E-state index in [9.17, 15) is 9.59 Å². The number of thiophene rings is 1. The van der Waals surface area contributed by atoms with Gasteiger partial charge in [0, 0.05) is 15.5 Å². The van der Waals surface area contributed by atoms with Crippen LogP contribution in [0.2, 0.25) is 5.02 Å². The van der Waals surface area contributed by atoms with Crippen molar-refractivity contribution in [2.75, 3.05) is 13.2 Å². The zero-order valence-corrected chi connectivity index (χ0v) is 15.0. The first-order valence-electron chi connectivity index (χ1n) is 8.19. The molecule has 1 spiro atoms. The highest BCUT2D eigenvalue weighted by Crippen LogP contribution is 2.41. The maximum absolute atomic E-state index is 13.0. The van der Waals surface area contributed by atoms with Crippen molar-refractivity contribution >= 4 is 34.9 Å². The van der Waals surface area contributed by atoms with Gasteiger partial charge in [0.05, 0.1) is 6.54 Å². The van der Waals surface area contributed by atoms with Gasteiger partial charge in [-0.2, -0.15) is 0 Å². The fourth-order valence-corrected chi connectivity index (χ4v) is 4.66. The second-order valence-corrected chi connectivity index (χ2v) is 7.64. The van der Waals surface area contributed by atoms with Crippen LogP contribution in [0.1, 0.15) is 23.3 Å². The number of rotatable bonds is 4. The molecule has 1 aromatic carbocycles. The standard InChI is InChI=1S/C18H17ClN2O3S/c19-12-3-5-13(6-4-12)24-10-9-21-16(22)18(20-17(21)23)8-1-2-15-14(18)7-11-25-15/h3-7,11H,1-2,8-10H2,(H,20,23)/t18-/m1/s1. The van der Waals surface area contributed by atoms with E-state index >= 15 is 0 Å². The Balaban J connectivity index is 1.46. The summed E-state index contributed by atoms with van der Waals surface area (Å²) in [6, 6.07) is 8.61. The number of aryl methyl sites for hydroxylation is 1. The van der Waals surface area contributed by atoms with Crippen molar-refractivity contribution in [3.8, 4) is 5.75 Å². The molecule has 1 saturated heterocycles. The largest absolute Gasteiger partial charge is 0.492 e. The number of carbonyl (C=O) groups excluding carboxylic acids is 2. The summed E-state index contributed by atoms with van der Waals surface area (Å²) < 4.78 is 5.62. The number of amides is 3. The van der Waals surface area contributed by atoms with Gasteiger partial charge in [0.1, 0.15) is 17.9 Å². The lowest BCUT2D eigenvalue weighted by Gasteiger charge is -2.31. The third-order valence-corrected chi connectivity index (χ3v) is 5.97. The summed E-state index contributed by atoms with van der Waals surface area (Å²) in [6.45, 7) is 0.460. The van der Waals surface area contributed by atoms with Crippen LogP contribution < -0.4 is 10.1 Å². The lowest BCUT2D eigenvalue weighted by molar-refractivity contribution is -0.132. The first-order chi connectivity index (χ1) is 12.1. The smallest absolute Gasteiger partial charge is 0.325 e. The van der Waals surface area contributed by atoms with Crippen molar-refractivity contribution in [3.63, 3.8) is 0 Å². The van der Waals surface area contributed by atoms with Crippen LogP contribution in [0.15, 0.2) is 35.7 Å². The molecule has 7 heteroatoms. The van der Waals surface area contributed by atoms with Crippen LogP contribution in [-0.4, -0.2) is 30.0 Å².